The average Bonchev–Trinajstić information content (AvgIpc) is 2.69. The van der Waals surface area contributed by atoms with Gasteiger partial charge in [-0.15, -0.1) is 11.3 Å². The molecule has 1 aliphatic rings. The largest absolute Gasteiger partial charge is 0.249 e. The summed E-state index contributed by atoms with van der Waals surface area (Å²) in [5.74, 6) is 0.804. The maximum atomic E-state index is 4.34. The summed E-state index contributed by atoms with van der Waals surface area (Å²) in [6.45, 7) is 0. The standard InChI is InChI=1S/C7H8BrNS/c8-3-6-7(5-1-2-5)9-4-10-6/h4-5H,1-3H2. The van der Waals surface area contributed by atoms with Crippen molar-refractivity contribution < 1.29 is 0 Å². The Balaban J connectivity index is 2.28. The van der Waals surface area contributed by atoms with Gasteiger partial charge in [0.15, 0.2) is 0 Å². The molecule has 0 atom stereocenters. The topological polar surface area (TPSA) is 12.9 Å². The van der Waals surface area contributed by atoms with E-state index in [9.17, 15) is 0 Å². The number of hydrogen-bond donors (Lipinski definition) is 0. The van der Waals surface area contributed by atoms with Crippen LogP contribution in [0, 0.1) is 0 Å². The van der Waals surface area contributed by atoms with Gasteiger partial charge in [-0.2, -0.15) is 0 Å². The second kappa shape index (κ2) is 2.62. The van der Waals surface area contributed by atoms with Gasteiger partial charge in [-0.25, -0.2) is 4.98 Å². The van der Waals surface area contributed by atoms with Crippen LogP contribution in [0.15, 0.2) is 5.51 Å². The molecule has 0 saturated heterocycles. The molecule has 2 rings (SSSR count). The molecule has 10 heavy (non-hydrogen) atoms. The molecule has 1 aromatic rings. The summed E-state index contributed by atoms with van der Waals surface area (Å²) in [6.07, 6.45) is 2.70. The zero-order valence-electron chi connectivity index (χ0n) is 5.51. The minimum atomic E-state index is 0.804. The van der Waals surface area contributed by atoms with Crippen molar-refractivity contribution in [2.75, 3.05) is 0 Å². The summed E-state index contributed by atoms with van der Waals surface area (Å²) >= 11 is 5.21. The molecule has 1 aliphatic carbocycles. The van der Waals surface area contributed by atoms with Crippen LogP contribution < -0.4 is 0 Å². The van der Waals surface area contributed by atoms with E-state index in [2.05, 4.69) is 20.9 Å². The van der Waals surface area contributed by atoms with Gasteiger partial charge in [0.2, 0.25) is 0 Å². The van der Waals surface area contributed by atoms with Gasteiger partial charge in [-0.1, -0.05) is 15.9 Å². The summed E-state index contributed by atoms with van der Waals surface area (Å²) in [4.78, 5) is 5.76. The first-order valence-electron chi connectivity index (χ1n) is 3.40. The van der Waals surface area contributed by atoms with Crippen LogP contribution in [0.3, 0.4) is 0 Å². The van der Waals surface area contributed by atoms with Crippen molar-refractivity contribution >= 4 is 27.3 Å². The van der Waals surface area contributed by atoms with E-state index in [1.165, 1.54) is 23.4 Å². The molecule has 1 nitrogen and oxygen atoms in total. The van der Waals surface area contributed by atoms with Gasteiger partial charge in [-0.3, -0.25) is 0 Å². The fourth-order valence-electron chi connectivity index (χ4n) is 1.07. The van der Waals surface area contributed by atoms with E-state index in [0.29, 0.717) is 0 Å². The first kappa shape index (κ1) is 6.80. The highest BCUT2D eigenvalue weighted by Crippen LogP contribution is 2.42. The first-order chi connectivity index (χ1) is 4.92. The Morgan fingerprint density at radius 3 is 3.10 bits per heavy atom. The van der Waals surface area contributed by atoms with Gasteiger partial charge in [0.25, 0.3) is 0 Å². The number of nitrogens with zero attached hydrogens (tertiary/aromatic N) is 1. The van der Waals surface area contributed by atoms with Crippen LogP contribution in [0.1, 0.15) is 29.3 Å². The second-order valence-corrected chi connectivity index (χ2v) is 4.07. The third kappa shape index (κ3) is 1.12. The minimum absolute atomic E-state index is 0.804. The molecule has 0 N–H and O–H groups in total. The smallest absolute Gasteiger partial charge is 0.0798 e. The molecule has 1 aromatic heterocycles. The number of hydrogen-bond acceptors (Lipinski definition) is 2. The van der Waals surface area contributed by atoms with Gasteiger partial charge in [0.05, 0.1) is 11.2 Å². The lowest BCUT2D eigenvalue weighted by atomic mass is 10.3. The van der Waals surface area contributed by atoms with Crippen LogP contribution in [0.4, 0.5) is 0 Å². The lowest BCUT2D eigenvalue weighted by Crippen LogP contribution is -1.82. The fourth-order valence-corrected chi connectivity index (χ4v) is 2.45. The van der Waals surface area contributed by atoms with E-state index in [-0.39, 0.29) is 0 Å². The van der Waals surface area contributed by atoms with Crippen molar-refractivity contribution in [2.45, 2.75) is 24.1 Å². The summed E-state index contributed by atoms with van der Waals surface area (Å²) < 4.78 is 0. The molecule has 1 fully saturated rings. The van der Waals surface area contributed by atoms with E-state index < -0.39 is 0 Å². The zero-order valence-corrected chi connectivity index (χ0v) is 7.91. The zero-order chi connectivity index (χ0) is 6.97. The van der Waals surface area contributed by atoms with E-state index in [1.807, 2.05) is 5.51 Å². The van der Waals surface area contributed by atoms with Crippen LogP contribution in [-0.2, 0) is 5.33 Å². The van der Waals surface area contributed by atoms with Crippen molar-refractivity contribution in [3.05, 3.63) is 16.1 Å². The van der Waals surface area contributed by atoms with E-state index in [1.54, 1.807) is 11.3 Å². The summed E-state index contributed by atoms with van der Waals surface area (Å²) in [7, 11) is 0. The lowest BCUT2D eigenvalue weighted by Gasteiger charge is -1.92. The van der Waals surface area contributed by atoms with Crippen molar-refractivity contribution in [1.29, 1.82) is 0 Å². The van der Waals surface area contributed by atoms with Gasteiger partial charge < -0.3 is 0 Å². The third-order valence-electron chi connectivity index (χ3n) is 1.76. The molecule has 0 aromatic carbocycles. The van der Waals surface area contributed by atoms with Crippen LogP contribution in [0.2, 0.25) is 0 Å². The van der Waals surface area contributed by atoms with Crippen LogP contribution in [-0.4, -0.2) is 4.98 Å². The highest BCUT2D eigenvalue weighted by Gasteiger charge is 2.27. The number of thiazole rings is 1. The molecular weight excluding hydrogens is 210 g/mol. The predicted octanol–water partition coefficient (Wildman–Crippen LogP) is 2.92. The predicted molar refractivity (Wildman–Crippen MR) is 46.7 cm³/mol. The quantitative estimate of drug-likeness (QED) is 0.695. The molecule has 1 saturated carbocycles. The van der Waals surface area contributed by atoms with Crippen molar-refractivity contribution in [3.63, 3.8) is 0 Å². The Morgan fingerprint density at radius 1 is 1.70 bits per heavy atom. The number of rotatable bonds is 2. The van der Waals surface area contributed by atoms with E-state index in [4.69, 9.17) is 0 Å². The second-order valence-electron chi connectivity index (χ2n) is 2.57. The maximum Gasteiger partial charge on any atom is 0.0798 e. The fraction of sp³-hybridized carbons (Fsp3) is 0.571. The third-order valence-corrected chi connectivity index (χ3v) is 3.54. The summed E-state index contributed by atoms with van der Waals surface area (Å²) in [6, 6.07) is 0. The maximum absolute atomic E-state index is 4.34. The van der Waals surface area contributed by atoms with Gasteiger partial charge in [-0.05, 0) is 12.8 Å². The number of alkyl halides is 1. The van der Waals surface area contributed by atoms with E-state index in [0.717, 1.165) is 11.2 Å². The Hall–Kier alpha value is 0.110. The van der Waals surface area contributed by atoms with Gasteiger partial charge in [0.1, 0.15) is 0 Å². The van der Waals surface area contributed by atoms with Gasteiger partial charge in [0, 0.05) is 16.1 Å². The highest BCUT2D eigenvalue weighted by molar-refractivity contribution is 9.08. The SMILES string of the molecule is BrCc1scnc1C1CC1. The average molecular weight is 218 g/mol. The molecule has 54 valence electrons. The van der Waals surface area contributed by atoms with Crippen molar-refractivity contribution in [1.82, 2.24) is 4.98 Å². The molecule has 3 heteroatoms. The number of halogens is 1. The minimum Gasteiger partial charge on any atom is -0.249 e. The number of aromatic nitrogens is 1. The Labute approximate surface area is 72.6 Å². The molecular formula is C7H8BrNS. The van der Waals surface area contributed by atoms with Crippen molar-refractivity contribution in [3.8, 4) is 0 Å². The van der Waals surface area contributed by atoms with E-state index >= 15 is 0 Å². The molecule has 1 heterocycles. The molecule has 0 unspecified atom stereocenters. The Kier molecular flexibility index (Phi) is 1.78. The van der Waals surface area contributed by atoms with Gasteiger partial charge >= 0.3 is 0 Å². The molecule has 0 radical (unpaired) electrons. The normalized spacial score (nSPS) is 17.7. The molecule has 0 bridgehead atoms. The lowest BCUT2D eigenvalue weighted by molar-refractivity contribution is 1.03. The van der Waals surface area contributed by atoms with Crippen LogP contribution >= 0.6 is 27.3 Å². The van der Waals surface area contributed by atoms with Crippen LogP contribution in [0.5, 0.6) is 0 Å². The first-order valence-corrected chi connectivity index (χ1v) is 5.40. The monoisotopic (exact) mass is 217 g/mol. The highest BCUT2D eigenvalue weighted by atomic mass is 79.9. The summed E-state index contributed by atoms with van der Waals surface area (Å²) in [5, 5.41) is 0.976. The van der Waals surface area contributed by atoms with Crippen LogP contribution in [0.25, 0.3) is 0 Å². The molecule has 0 amide bonds. The van der Waals surface area contributed by atoms with Crippen molar-refractivity contribution in [2.24, 2.45) is 0 Å². The Bertz CT molecular complexity index is 229. The Morgan fingerprint density at radius 2 is 2.50 bits per heavy atom. The summed E-state index contributed by atoms with van der Waals surface area (Å²) in [5.41, 5.74) is 3.30. The molecule has 0 spiro atoms. The molecule has 0 aliphatic heterocycles.